The highest BCUT2D eigenvalue weighted by Gasteiger charge is 2.29. The zero-order chi connectivity index (χ0) is 15.6. The van der Waals surface area contributed by atoms with Crippen molar-refractivity contribution in [1.29, 1.82) is 0 Å². The lowest BCUT2D eigenvalue weighted by molar-refractivity contribution is -0.384. The summed E-state index contributed by atoms with van der Waals surface area (Å²) in [5.41, 5.74) is -0.334. The van der Waals surface area contributed by atoms with Crippen LogP contribution >= 0.6 is 0 Å². The molecule has 114 valence electrons. The lowest BCUT2D eigenvalue weighted by Crippen LogP contribution is -2.38. The number of ether oxygens (including phenoxy) is 1. The summed E-state index contributed by atoms with van der Waals surface area (Å²) in [7, 11) is 1.15. The zero-order valence-electron chi connectivity index (χ0n) is 12.0. The average molecular weight is 296 g/mol. The van der Waals surface area contributed by atoms with E-state index in [1.165, 1.54) is 6.07 Å². The maximum Gasteiger partial charge on any atom is 0.340 e. The van der Waals surface area contributed by atoms with E-state index in [-0.39, 0.29) is 23.0 Å². The fraction of sp³-hybridized carbons (Fsp3) is 0.500. The molecule has 1 fully saturated rings. The summed E-state index contributed by atoms with van der Waals surface area (Å²) in [6.45, 7) is 2.61. The standard InChI is InChI=1S/C14H17FN2O4/c1-9-5-3-4-6-16(9)12-7-10(14(18)21-2)11(15)8-13(12)17(19)20/h7-9H,3-6H2,1-2H3. The predicted octanol–water partition coefficient (Wildman–Crippen LogP) is 2.90. The lowest BCUT2D eigenvalue weighted by atomic mass is 10.0. The number of nitro groups is 1. The molecule has 6 nitrogen and oxygen atoms in total. The van der Waals surface area contributed by atoms with Crippen LogP contribution in [-0.2, 0) is 4.74 Å². The summed E-state index contributed by atoms with van der Waals surface area (Å²) in [6, 6.07) is 2.12. The van der Waals surface area contributed by atoms with Crippen molar-refractivity contribution in [3.8, 4) is 0 Å². The number of anilines is 1. The Bertz CT molecular complexity index is 576. The monoisotopic (exact) mass is 296 g/mol. The van der Waals surface area contributed by atoms with Gasteiger partial charge in [-0.15, -0.1) is 0 Å². The molecule has 1 aromatic rings. The van der Waals surface area contributed by atoms with Gasteiger partial charge in [0.15, 0.2) is 0 Å². The molecule has 1 aromatic carbocycles. The van der Waals surface area contributed by atoms with E-state index in [9.17, 15) is 19.3 Å². The Morgan fingerprint density at radius 2 is 2.19 bits per heavy atom. The van der Waals surface area contributed by atoms with Crippen molar-refractivity contribution >= 4 is 17.3 Å². The number of carbonyl (C=O) groups is 1. The molecule has 1 atom stereocenters. The fourth-order valence-corrected chi connectivity index (χ4v) is 2.65. The van der Waals surface area contributed by atoms with Crippen molar-refractivity contribution in [3.05, 3.63) is 33.6 Å². The Morgan fingerprint density at radius 3 is 2.76 bits per heavy atom. The van der Waals surface area contributed by atoms with E-state index >= 15 is 0 Å². The summed E-state index contributed by atoms with van der Waals surface area (Å²) in [5, 5.41) is 11.2. The molecule has 7 heteroatoms. The molecule has 1 aliphatic rings. The van der Waals surface area contributed by atoms with E-state index in [2.05, 4.69) is 4.74 Å². The third-order valence-corrected chi connectivity index (χ3v) is 3.78. The number of carbonyl (C=O) groups excluding carboxylic acids is 1. The van der Waals surface area contributed by atoms with Gasteiger partial charge >= 0.3 is 5.97 Å². The van der Waals surface area contributed by atoms with Gasteiger partial charge in [-0.1, -0.05) is 0 Å². The minimum Gasteiger partial charge on any atom is -0.465 e. The third kappa shape index (κ3) is 2.96. The fourth-order valence-electron chi connectivity index (χ4n) is 2.65. The number of hydrogen-bond donors (Lipinski definition) is 0. The van der Waals surface area contributed by atoms with Gasteiger partial charge in [-0.25, -0.2) is 9.18 Å². The second-order valence-electron chi connectivity index (χ2n) is 5.11. The number of halogens is 1. The van der Waals surface area contributed by atoms with E-state index < -0.39 is 16.7 Å². The highest BCUT2D eigenvalue weighted by molar-refractivity contribution is 5.92. The molecular formula is C14H17FN2O4. The smallest absolute Gasteiger partial charge is 0.340 e. The number of piperidine rings is 1. The topological polar surface area (TPSA) is 72.7 Å². The minimum atomic E-state index is -0.943. The molecule has 0 bridgehead atoms. The number of benzene rings is 1. The molecule has 0 N–H and O–H groups in total. The van der Waals surface area contributed by atoms with Gasteiger partial charge in [0.2, 0.25) is 0 Å². The molecule has 1 saturated heterocycles. The Balaban J connectivity index is 2.55. The molecule has 1 heterocycles. The quantitative estimate of drug-likeness (QED) is 0.487. The number of nitro benzene ring substituents is 1. The van der Waals surface area contributed by atoms with Crippen molar-refractivity contribution in [2.45, 2.75) is 32.2 Å². The van der Waals surface area contributed by atoms with Crippen molar-refractivity contribution in [2.75, 3.05) is 18.6 Å². The van der Waals surface area contributed by atoms with Crippen LogP contribution in [-0.4, -0.2) is 30.6 Å². The second-order valence-corrected chi connectivity index (χ2v) is 5.11. The zero-order valence-corrected chi connectivity index (χ0v) is 12.0. The Hall–Kier alpha value is -2.18. The molecule has 0 amide bonds. The molecule has 2 rings (SSSR count). The molecule has 1 aliphatic heterocycles. The predicted molar refractivity (Wildman–Crippen MR) is 75.1 cm³/mol. The van der Waals surface area contributed by atoms with Crippen LogP contribution in [0.15, 0.2) is 12.1 Å². The highest BCUT2D eigenvalue weighted by Crippen LogP contribution is 2.35. The van der Waals surface area contributed by atoms with Crippen LogP contribution in [0, 0.1) is 15.9 Å². The summed E-state index contributed by atoms with van der Waals surface area (Å²) in [4.78, 5) is 24.0. The minimum absolute atomic E-state index is 0.105. The molecule has 0 saturated carbocycles. The normalized spacial score (nSPS) is 18.4. The van der Waals surface area contributed by atoms with Crippen molar-refractivity contribution < 1.29 is 18.8 Å². The third-order valence-electron chi connectivity index (χ3n) is 3.78. The number of nitrogens with zero attached hydrogens (tertiary/aromatic N) is 2. The van der Waals surface area contributed by atoms with Crippen LogP contribution in [0.2, 0.25) is 0 Å². The van der Waals surface area contributed by atoms with Crippen LogP contribution in [0.3, 0.4) is 0 Å². The summed E-state index contributed by atoms with van der Waals surface area (Å²) in [5.74, 6) is -1.78. The van der Waals surface area contributed by atoms with Gasteiger partial charge in [-0.05, 0) is 32.3 Å². The van der Waals surface area contributed by atoms with E-state index in [4.69, 9.17) is 0 Å². The van der Waals surface area contributed by atoms with Gasteiger partial charge in [-0.2, -0.15) is 0 Å². The average Bonchev–Trinajstić information content (AvgIpc) is 2.47. The molecule has 0 aromatic heterocycles. The second kappa shape index (κ2) is 6.07. The SMILES string of the molecule is COC(=O)c1cc(N2CCCCC2C)c([N+](=O)[O-])cc1F. The molecule has 21 heavy (non-hydrogen) atoms. The van der Waals surface area contributed by atoms with Crippen LogP contribution in [0.4, 0.5) is 15.8 Å². The van der Waals surface area contributed by atoms with Crippen LogP contribution in [0.5, 0.6) is 0 Å². The van der Waals surface area contributed by atoms with Crippen LogP contribution in [0.25, 0.3) is 0 Å². The summed E-state index contributed by atoms with van der Waals surface area (Å²) < 4.78 is 18.4. The van der Waals surface area contributed by atoms with E-state index in [0.717, 1.165) is 32.4 Å². The highest BCUT2D eigenvalue weighted by atomic mass is 19.1. The van der Waals surface area contributed by atoms with E-state index in [1.807, 2.05) is 11.8 Å². The van der Waals surface area contributed by atoms with Crippen molar-refractivity contribution in [2.24, 2.45) is 0 Å². The van der Waals surface area contributed by atoms with Gasteiger partial charge in [0.1, 0.15) is 11.5 Å². The van der Waals surface area contributed by atoms with Crippen LogP contribution in [0.1, 0.15) is 36.5 Å². The first kappa shape index (κ1) is 15.2. The first-order valence-corrected chi connectivity index (χ1v) is 6.78. The van der Waals surface area contributed by atoms with Gasteiger partial charge in [-0.3, -0.25) is 10.1 Å². The van der Waals surface area contributed by atoms with Gasteiger partial charge in [0.05, 0.1) is 23.7 Å². The lowest BCUT2D eigenvalue weighted by Gasteiger charge is -2.35. The number of rotatable bonds is 3. The Morgan fingerprint density at radius 1 is 1.48 bits per heavy atom. The molecule has 0 aliphatic carbocycles. The molecular weight excluding hydrogens is 279 g/mol. The van der Waals surface area contributed by atoms with E-state index in [0.29, 0.717) is 6.54 Å². The summed E-state index contributed by atoms with van der Waals surface area (Å²) >= 11 is 0. The molecule has 1 unspecified atom stereocenters. The largest absolute Gasteiger partial charge is 0.465 e. The van der Waals surface area contributed by atoms with Crippen LogP contribution < -0.4 is 4.90 Å². The van der Waals surface area contributed by atoms with Gasteiger partial charge < -0.3 is 9.64 Å². The number of methoxy groups -OCH3 is 1. The van der Waals surface area contributed by atoms with Gasteiger partial charge in [0.25, 0.3) is 5.69 Å². The molecule has 0 spiro atoms. The van der Waals surface area contributed by atoms with Crippen molar-refractivity contribution in [3.63, 3.8) is 0 Å². The molecule has 0 radical (unpaired) electrons. The maximum absolute atomic E-state index is 13.9. The van der Waals surface area contributed by atoms with E-state index in [1.54, 1.807) is 0 Å². The van der Waals surface area contributed by atoms with Crippen molar-refractivity contribution in [1.82, 2.24) is 0 Å². The summed E-state index contributed by atoms with van der Waals surface area (Å²) in [6.07, 6.45) is 2.87. The Kier molecular flexibility index (Phi) is 4.40. The first-order chi connectivity index (χ1) is 9.95. The maximum atomic E-state index is 13.9. The van der Waals surface area contributed by atoms with Gasteiger partial charge in [0, 0.05) is 12.6 Å². The first-order valence-electron chi connectivity index (χ1n) is 6.78. The Labute approximate surface area is 121 Å². The number of esters is 1. The number of hydrogen-bond acceptors (Lipinski definition) is 5.